The number of rotatable bonds is 3. The van der Waals surface area contributed by atoms with Gasteiger partial charge in [0.05, 0.1) is 16.6 Å². The van der Waals surface area contributed by atoms with Crippen molar-refractivity contribution in [3.63, 3.8) is 0 Å². The average Bonchev–Trinajstić information content (AvgIpc) is 2.90. The third-order valence-corrected chi connectivity index (χ3v) is 7.18. The number of fused-ring (bicyclic) bond motifs is 2. The van der Waals surface area contributed by atoms with E-state index < -0.39 is 17.3 Å². The predicted octanol–water partition coefficient (Wildman–Crippen LogP) is 4.57. The Balaban J connectivity index is 1.76. The van der Waals surface area contributed by atoms with Crippen molar-refractivity contribution in [3.05, 3.63) is 88.3 Å². The molecule has 1 atom stereocenters. The van der Waals surface area contributed by atoms with E-state index in [0.717, 1.165) is 16.3 Å². The normalized spacial score (nSPS) is 15.9. The van der Waals surface area contributed by atoms with Crippen molar-refractivity contribution in [2.75, 3.05) is 30.3 Å². The van der Waals surface area contributed by atoms with E-state index in [4.69, 9.17) is 5.73 Å². The summed E-state index contributed by atoms with van der Waals surface area (Å²) in [5.74, 6) is -1.09. The highest BCUT2D eigenvalue weighted by molar-refractivity contribution is 5.96. The number of hydrogen-bond acceptors (Lipinski definition) is 6. The molecule has 7 nitrogen and oxygen atoms in total. The molecule has 1 aliphatic rings. The summed E-state index contributed by atoms with van der Waals surface area (Å²) >= 11 is 0. The fraction of sp³-hybridized carbons (Fsp3) is 0.207. The largest absolute Gasteiger partial charge is 0.398 e. The second kappa shape index (κ2) is 9.18. The first-order valence-electron chi connectivity index (χ1n) is 12.5. The van der Waals surface area contributed by atoms with Gasteiger partial charge in [0.15, 0.2) is 11.5 Å². The van der Waals surface area contributed by atoms with Gasteiger partial charge in [0.25, 0.3) is 0 Å². The molecule has 0 unspecified atom stereocenters. The summed E-state index contributed by atoms with van der Waals surface area (Å²) in [5.41, 5.74) is 6.76. The number of aromatic nitrogens is 3. The second-order valence-electron chi connectivity index (χ2n) is 9.65. The quantitative estimate of drug-likeness (QED) is 0.345. The topological polar surface area (TPSA) is 89.1 Å². The maximum atomic E-state index is 15.7. The van der Waals surface area contributed by atoms with E-state index in [9.17, 15) is 9.18 Å². The van der Waals surface area contributed by atoms with Gasteiger partial charge in [0, 0.05) is 36.7 Å². The number of nitrogens with zero attached hydrogens (tertiary/aromatic N) is 4. The van der Waals surface area contributed by atoms with Crippen molar-refractivity contribution in [1.29, 1.82) is 0 Å². The zero-order chi connectivity index (χ0) is 26.6. The molecule has 0 saturated carbocycles. The molecule has 192 valence electrons. The highest BCUT2D eigenvalue weighted by Crippen LogP contribution is 2.35. The number of halogens is 2. The van der Waals surface area contributed by atoms with Crippen LogP contribution in [0.1, 0.15) is 12.5 Å². The number of nitrogens with one attached hydrogen (secondary N) is 1. The first-order chi connectivity index (χ1) is 18.3. The van der Waals surface area contributed by atoms with Gasteiger partial charge in [0.2, 0.25) is 0 Å². The summed E-state index contributed by atoms with van der Waals surface area (Å²) in [5, 5.41) is 5.42. The Bertz CT molecular complexity index is 1760. The van der Waals surface area contributed by atoms with Gasteiger partial charge in [0.1, 0.15) is 17.3 Å². The Morgan fingerprint density at radius 3 is 2.61 bits per heavy atom. The Morgan fingerprint density at radius 1 is 1.00 bits per heavy atom. The summed E-state index contributed by atoms with van der Waals surface area (Å²) in [6.07, 6.45) is 0. The fourth-order valence-corrected chi connectivity index (χ4v) is 5.31. The van der Waals surface area contributed by atoms with Gasteiger partial charge in [-0.2, -0.15) is 4.98 Å². The minimum atomic E-state index is -0.750. The highest BCUT2D eigenvalue weighted by atomic mass is 19.1. The number of aryl methyl sites for hydroxylation is 1. The van der Waals surface area contributed by atoms with Gasteiger partial charge in [-0.1, -0.05) is 42.5 Å². The molecule has 0 amide bonds. The van der Waals surface area contributed by atoms with E-state index in [2.05, 4.69) is 15.3 Å². The van der Waals surface area contributed by atoms with Gasteiger partial charge in [-0.3, -0.25) is 0 Å². The van der Waals surface area contributed by atoms with E-state index >= 15 is 4.39 Å². The summed E-state index contributed by atoms with van der Waals surface area (Å²) in [7, 11) is 0. The van der Waals surface area contributed by atoms with Crippen molar-refractivity contribution in [2.45, 2.75) is 19.9 Å². The molecule has 1 fully saturated rings. The lowest BCUT2D eigenvalue weighted by atomic mass is 10.0. The van der Waals surface area contributed by atoms with Crippen LogP contribution in [0.4, 0.5) is 20.3 Å². The van der Waals surface area contributed by atoms with Crippen molar-refractivity contribution in [2.24, 2.45) is 0 Å². The molecule has 9 heteroatoms. The van der Waals surface area contributed by atoms with Crippen LogP contribution in [0.5, 0.6) is 0 Å². The first kappa shape index (κ1) is 24.0. The first-order valence-corrected chi connectivity index (χ1v) is 12.5. The molecule has 0 radical (unpaired) electrons. The number of piperazine rings is 1. The van der Waals surface area contributed by atoms with E-state index in [1.807, 2.05) is 55.1 Å². The fourth-order valence-electron chi connectivity index (χ4n) is 5.31. The smallest absolute Gasteiger partial charge is 0.355 e. The maximum Gasteiger partial charge on any atom is 0.355 e. The minimum Gasteiger partial charge on any atom is -0.398 e. The standard InChI is InChI=1S/C29H26F2N6O/c1-16-10-11-18-6-3-4-7-19(18)26(16)37-28-20(27(35-29(37)38)36-13-12-33-15-17(36)2)14-22(31)25(34-28)24-21(30)8-5-9-23(24)32/h3-11,14,17,33H,12-13,15,32H2,1-2H3/t17-/m0/s1. The molecule has 3 aromatic carbocycles. The summed E-state index contributed by atoms with van der Waals surface area (Å²) in [4.78, 5) is 24.9. The SMILES string of the molecule is Cc1ccc2ccccc2c1-n1c(=O)nc(N2CCNC[C@@H]2C)c2cc(F)c(-c3c(N)cccc3F)nc21. The lowest BCUT2D eigenvalue weighted by Crippen LogP contribution is -2.50. The van der Waals surface area contributed by atoms with E-state index in [1.165, 1.54) is 28.8 Å². The second-order valence-corrected chi connectivity index (χ2v) is 9.65. The molecule has 3 N–H and O–H groups in total. The van der Waals surface area contributed by atoms with E-state index in [0.29, 0.717) is 36.5 Å². The molecule has 5 aromatic rings. The molecule has 38 heavy (non-hydrogen) atoms. The summed E-state index contributed by atoms with van der Waals surface area (Å²) in [6.45, 7) is 5.88. The molecular weight excluding hydrogens is 486 g/mol. The van der Waals surface area contributed by atoms with Gasteiger partial charge in [-0.05, 0) is 43.0 Å². The number of nitrogens with two attached hydrogens (primary N) is 1. The van der Waals surface area contributed by atoms with Crippen LogP contribution in [0, 0.1) is 18.6 Å². The minimum absolute atomic E-state index is 0.0129. The van der Waals surface area contributed by atoms with Gasteiger partial charge >= 0.3 is 5.69 Å². The predicted molar refractivity (Wildman–Crippen MR) is 147 cm³/mol. The maximum absolute atomic E-state index is 15.7. The lowest BCUT2D eigenvalue weighted by Gasteiger charge is -2.35. The van der Waals surface area contributed by atoms with Crippen LogP contribution in [0.3, 0.4) is 0 Å². The molecule has 2 aromatic heterocycles. The number of pyridine rings is 1. The van der Waals surface area contributed by atoms with Crippen LogP contribution in [0.25, 0.3) is 38.8 Å². The molecule has 1 aliphatic heterocycles. The zero-order valence-corrected chi connectivity index (χ0v) is 21.0. The Morgan fingerprint density at radius 2 is 1.82 bits per heavy atom. The molecule has 0 bridgehead atoms. The monoisotopic (exact) mass is 512 g/mol. The average molecular weight is 513 g/mol. The molecule has 0 aliphatic carbocycles. The number of nitrogen functional groups attached to an aromatic ring is 1. The molecule has 1 saturated heterocycles. The van der Waals surface area contributed by atoms with Gasteiger partial charge < -0.3 is 16.0 Å². The van der Waals surface area contributed by atoms with Crippen molar-refractivity contribution >= 4 is 33.3 Å². The van der Waals surface area contributed by atoms with Crippen molar-refractivity contribution < 1.29 is 8.78 Å². The Labute approximate surface area is 217 Å². The number of hydrogen-bond donors (Lipinski definition) is 2. The molecule has 6 rings (SSSR count). The van der Waals surface area contributed by atoms with Gasteiger partial charge in [-0.15, -0.1) is 0 Å². The number of anilines is 2. The molecule has 0 spiro atoms. The van der Waals surface area contributed by atoms with Crippen LogP contribution in [0.15, 0.2) is 65.5 Å². The van der Waals surface area contributed by atoms with Crippen LogP contribution >= 0.6 is 0 Å². The number of benzene rings is 3. The summed E-state index contributed by atoms with van der Waals surface area (Å²) < 4.78 is 32.1. The summed E-state index contributed by atoms with van der Waals surface area (Å²) in [6, 6.07) is 17.0. The van der Waals surface area contributed by atoms with Crippen molar-refractivity contribution in [3.8, 4) is 16.9 Å². The Hall–Kier alpha value is -4.37. The van der Waals surface area contributed by atoms with Crippen LogP contribution < -0.4 is 21.6 Å². The Kier molecular flexibility index (Phi) is 5.80. The zero-order valence-electron chi connectivity index (χ0n) is 21.0. The lowest BCUT2D eigenvalue weighted by molar-refractivity contribution is 0.497. The molecular formula is C29H26F2N6O. The van der Waals surface area contributed by atoms with E-state index in [-0.39, 0.29) is 28.6 Å². The van der Waals surface area contributed by atoms with Crippen LogP contribution in [-0.4, -0.2) is 40.2 Å². The van der Waals surface area contributed by atoms with E-state index in [1.54, 1.807) is 0 Å². The van der Waals surface area contributed by atoms with Gasteiger partial charge in [-0.25, -0.2) is 23.1 Å². The highest BCUT2D eigenvalue weighted by Gasteiger charge is 2.27. The molecule has 3 heterocycles. The third kappa shape index (κ3) is 3.78. The third-order valence-electron chi connectivity index (χ3n) is 7.18. The van der Waals surface area contributed by atoms with Crippen LogP contribution in [0.2, 0.25) is 0 Å². The van der Waals surface area contributed by atoms with Crippen LogP contribution in [-0.2, 0) is 0 Å². The van der Waals surface area contributed by atoms with Crippen molar-refractivity contribution in [1.82, 2.24) is 19.9 Å².